The molecule has 0 aliphatic carbocycles. The van der Waals surface area contributed by atoms with Crippen LogP contribution in [0.1, 0.15) is 46.1 Å². The first-order valence-electron chi connectivity index (χ1n) is 9.03. The zero-order valence-corrected chi connectivity index (χ0v) is 16.0. The van der Waals surface area contributed by atoms with Gasteiger partial charge in [0, 0.05) is 6.54 Å². The molecule has 1 rings (SSSR count). The summed E-state index contributed by atoms with van der Waals surface area (Å²) in [7, 11) is 0. The van der Waals surface area contributed by atoms with Crippen LogP contribution in [0.5, 0.6) is 0 Å². The molecule has 6 heteroatoms. The molecule has 0 fully saturated rings. The quantitative estimate of drug-likeness (QED) is 0.625. The molecule has 0 radical (unpaired) electrons. The lowest BCUT2D eigenvalue weighted by Crippen LogP contribution is -2.52. The van der Waals surface area contributed by atoms with Crippen LogP contribution in [-0.4, -0.2) is 40.4 Å². The molecule has 1 aromatic rings. The molecule has 1 aromatic carbocycles. The molecule has 0 heterocycles. The summed E-state index contributed by atoms with van der Waals surface area (Å²) in [4.78, 5) is 37.1. The number of benzene rings is 1. The van der Waals surface area contributed by atoms with Crippen molar-refractivity contribution in [2.45, 2.75) is 59.2 Å². The largest absolute Gasteiger partial charge is 0.465 e. The van der Waals surface area contributed by atoms with Gasteiger partial charge >= 0.3 is 6.09 Å². The van der Waals surface area contributed by atoms with E-state index in [0.29, 0.717) is 19.1 Å². The molecule has 0 aliphatic rings. The molecule has 26 heavy (non-hydrogen) atoms. The Hall–Kier alpha value is -2.37. The number of carbonyl (C=O) groups is 3. The normalized spacial score (nSPS) is 13.3. The highest BCUT2D eigenvalue weighted by molar-refractivity contribution is 5.87. The number of nitrogens with one attached hydrogen (secondary N) is 1. The standard InChI is InChI=1S/C20H30N2O4/c1-14(2)10-17(13-23)21-19(24)18(11-15(3)4)22(20(25)26)12-16-8-6-5-7-9-16/h5-9,13-15,17-18H,10-12H2,1-4H3,(H,21,24)(H,25,26)/t17-,18?/m0/s1. The fourth-order valence-corrected chi connectivity index (χ4v) is 2.85. The summed E-state index contributed by atoms with van der Waals surface area (Å²) in [5.74, 6) is -0.0492. The third kappa shape index (κ3) is 7.25. The van der Waals surface area contributed by atoms with Crippen molar-refractivity contribution < 1.29 is 19.5 Å². The number of carboxylic acid groups (broad SMARTS) is 1. The van der Waals surface area contributed by atoms with E-state index in [1.165, 1.54) is 0 Å². The first kappa shape index (κ1) is 21.7. The summed E-state index contributed by atoms with van der Waals surface area (Å²) >= 11 is 0. The van der Waals surface area contributed by atoms with Crippen LogP contribution in [0.2, 0.25) is 0 Å². The topological polar surface area (TPSA) is 86.7 Å². The Labute approximate surface area is 155 Å². The van der Waals surface area contributed by atoms with Crippen molar-refractivity contribution in [3.63, 3.8) is 0 Å². The Morgan fingerprint density at radius 1 is 1.08 bits per heavy atom. The Balaban J connectivity index is 3.01. The minimum atomic E-state index is -1.15. The van der Waals surface area contributed by atoms with Crippen molar-refractivity contribution in [3.05, 3.63) is 35.9 Å². The van der Waals surface area contributed by atoms with E-state index >= 15 is 0 Å². The van der Waals surface area contributed by atoms with E-state index in [4.69, 9.17) is 0 Å². The Bertz CT molecular complexity index is 587. The molecule has 144 valence electrons. The molecule has 0 aromatic heterocycles. The van der Waals surface area contributed by atoms with Gasteiger partial charge in [0.05, 0.1) is 6.04 Å². The molecule has 2 amide bonds. The molecular weight excluding hydrogens is 332 g/mol. The molecule has 1 unspecified atom stereocenters. The van der Waals surface area contributed by atoms with Crippen molar-refractivity contribution in [2.75, 3.05) is 0 Å². The highest BCUT2D eigenvalue weighted by atomic mass is 16.4. The van der Waals surface area contributed by atoms with E-state index in [1.54, 1.807) is 0 Å². The molecular formula is C20H30N2O4. The second kappa shape index (κ2) is 10.6. The third-order valence-corrected chi connectivity index (χ3v) is 4.03. The summed E-state index contributed by atoms with van der Waals surface area (Å²) in [6.07, 6.45) is 0.474. The van der Waals surface area contributed by atoms with Gasteiger partial charge in [-0.25, -0.2) is 4.79 Å². The lowest BCUT2D eigenvalue weighted by molar-refractivity contribution is -0.129. The number of carbonyl (C=O) groups excluding carboxylic acids is 2. The lowest BCUT2D eigenvalue weighted by Gasteiger charge is -2.31. The molecule has 0 saturated carbocycles. The second-order valence-electron chi connectivity index (χ2n) is 7.42. The van der Waals surface area contributed by atoms with E-state index in [1.807, 2.05) is 58.0 Å². The zero-order chi connectivity index (χ0) is 19.7. The van der Waals surface area contributed by atoms with E-state index in [-0.39, 0.29) is 18.4 Å². The van der Waals surface area contributed by atoms with Crippen molar-refractivity contribution in [1.82, 2.24) is 10.2 Å². The van der Waals surface area contributed by atoms with Gasteiger partial charge in [0.25, 0.3) is 0 Å². The number of aldehydes is 1. The van der Waals surface area contributed by atoms with Crippen LogP contribution in [0.15, 0.2) is 30.3 Å². The Kier molecular flexibility index (Phi) is 8.82. The minimum absolute atomic E-state index is 0.122. The van der Waals surface area contributed by atoms with Gasteiger partial charge < -0.3 is 15.2 Å². The average Bonchev–Trinajstić information content (AvgIpc) is 2.57. The van der Waals surface area contributed by atoms with Crippen LogP contribution in [0, 0.1) is 11.8 Å². The lowest BCUT2D eigenvalue weighted by atomic mass is 9.99. The summed E-state index contributed by atoms with van der Waals surface area (Å²) in [6, 6.07) is 7.72. The number of rotatable bonds is 10. The Morgan fingerprint density at radius 3 is 2.12 bits per heavy atom. The number of amides is 2. The Morgan fingerprint density at radius 2 is 1.65 bits per heavy atom. The highest BCUT2D eigenvalue weighted by Gasteiger charge is 2.31. The molecule has 0 saturated heterocycles. The van der Waals surface area contributed by atoms with Crippen molar-refractivity contribution in [2.24, 2.45) is 11.8 Å². The summed E-state index contributed by atoms with van der Waals surface area (Å²) in [6.45, 7) is 7.93. The predicted octanol–water partition coefficient (Wildman–Crippen LogP) is 3.31. The summed E-state index contributed by atoms with van der Waals surface area (Å²) < 4.78 is 0. The van der Waals surface area contributed by atoms with Gasteiger partial charge in [-0.1, -0.05) is 58.0 Å². The van der Waals surface area contributed by atoms with Gasteiger partial charge in [-0.15, -0.1) is 0 Å². The van der Waals surface area contributed by atoms with Gasteiger partial charge in [0.1, 0.15) is 12.3 Å². The smallest absolute Gasteiger partial charge is 0.408 e. The van der Waals surface area contributed by atoms with E-state index in [9.17, 15) is 19.5 Å². The molecule has 0 spiro atoms. The van der Waals surface area contributed by atoms with Gasteiger partial charge in [0.2, 0.25) is 5.91 Å². The first-order chi connectivity index (χ1) is 12.2. The van der Waals surface area contributed by atoms with Crippen molar-refractivity contribution in [1.29, 1.82) is 0 Å². The monoisotopic (exact) mass is 362 g/mol. The molecule has 0 bridgehead atoms. The van der Waals surface area contributed by atoms with E-state index in [2.05, 4.69) is 5.32 Å². The van der Waals surface area contributed by atoms with Gasteiger partial charge in [-0.2, -0.15) is 0 Å². The average molecular weight is 362 g/mol. The summed E-state index contributed by atoms with van der Waals surface area (Å²) in [5.41, 5.74) is 0.811. The third-order valence-electron chi connectivity index (χ3n) is 4.03. The highest BCUT2D eigenvalue weighted by Crippen LogP contribution is 2.17. The number of hydrogen-bond acceptors (Lipinski definition) is 3. The van der Waals surface area contributed by atoms with Crippen LogP contribution in [0.4, 0.5) is 4.79 Å². The predicted molar refractivity (Wildman–Crippen MR) is 101 cm³/mol. The van der Waals surface area contributed by atoms with E-state index < -0.39 is 24.1 Å². The maximum atomic E-state index is 12.8. The number of hydrogen-bond donors (Lipinski definition) is 2. The van der Waals surface area contributed by atoms with E-state index in [0.717, 1.165) is 10.5 Å². The number of nitrogens with zero attached hydrogens (tertiary/aromatic N) is 1. The molecule has 6 nitrogen and oxygen atoms in total. The molecule has 2 N–H and O–H groups in total. The molecule has 2 atom stereocenters. The van der Waals surface area contributed by atoms with Crippen LogP contribution in [0.25, 0.3) is 0 Å². The SMILES string of the molecule is CC(C)CC(C(=O)N[C@H](C=O)CC(C)C)N(Cc1ccccc1)C(=O)O. The van der Waals surface area contributed by atoms with Gasteiger partial charge in [-0.05, 0) is 30.2 Å². The van der Waals surface area contributed by atoms with Gasteiger partial charge in [0.15, 0.2) is 0 Å². The van der Waals surface area contributed by atoms with Crippen molar-refractivity contribution in [3.8, 4) is 0 Å². The van der Waals surface area contributed by atoms with Crippen LogP contribution in [0.3, 0.4) is 0 Å². The van der Waals surface area contributed by atoms with Crippen LogP contribution in [-0.2, 0) is 16.1 Å². The zero-order valence-electron chi connectivity index (χ0n) is 16.0. The first-order valence-corrected chi connectivity index (χ1v) is 9.03. The molecule has 0 aliphatic heterocycles. The second-order valence-corrected chi connectivity index (χ2v) is 7.42. The summed E-state index contributed by atoms with van der Waals surface area (Å²) in [5, 5.41) is 12.4. The fraction of sp³-hybridized carbons (Fsp3) is 0.550. The van der Waals surface area contributed by atoms with Crippen LogP contribution < -0.4 is 5.32 Å². The van der Waals surface area contributed by atoms with Crippen LogP contribution >= 0.6 is 0 Å². The maximum Gasteiger partial charge on any atom is 0.408 e. The van der Waals surface area contributed by atoms with Crippen molar-refractivity contribution >= 4 is 18.3 Å². The minimum Gasteiger partial charge on any atom is -0.465 e. The van der Waals surface area contributed by atoms with Gasteiger partial charge in [-0.3, -0.25) is 9.69 Å². The fourth-order valence-electron chi connectivity index (χ4n) is 2.85. The maximum absolute atomic E-state index is 12.8.